The van der Waals surface area contributed by atoms with E-state index in [9.17, 15) is 14.4 Å². The van der Waals surface area contributed by atoms with Crippen LogP contribution in [-0.4, -0.2) is 37.9 Å². The first kappa shape index (κ1) is 20.9. The van der Waals surface area contributed by atoms with Crippen molar-refractivity contribution in [2.45, 2.75) is 32.6 Å². The first-order chi connectivity index (χ1) is 15.0. The lowest BCUT2D eigenvalue weighted by Gasteiger charge is -2.21. The van der Waals surface area contributed by atoms with Crippen molar-refractivity contribution >= 4 is 34.8 Å². The largest absolute Gasteiger partial charge is 0.494 e. The summed E-state index contributed by atoms with van der Waals surface area (Å²) in [6.07, 6.45) is 2.37. The standard InChI is InChI=1S/C24H27N3O4/c1-3-16-7-4-5-8-19(16)27-15-17(13-23(27)29)24(30)25-18-10-11-20(21(14-18)31-2)26-12-6-9-22(26)28/h4-5,7-8,10-11,14,17H,3,6,9,12-13,15H2,1-2H3,(H,25,30)/t17-/m0/s1. The number of nitrogens with zero attached hydrogens (tertiary/aromatic N) is 2. The molecule has 1 atom stereocenters. The number of hydrogen-bond donors (Lipinski definition) is 1. The summed E-state index contributed by atoms with van der Waals surface area (Å²) in [5.74, 6) is -0.0531. The number of carbonyl (C=O) groups excluding carboxylic acids is 3. The summed E-state index contributed by atoms with van der Waals surface area (Å²) in [4.78, 5) is 41.0. The van der Waals surface area contributed by atoms with Gasteiger partial charge < -0.3 is 19.9 Å². The molecule has 2 saturated heterocycles. The number of nitrogens with one attached hydrogen (secondary N) is 1. The molecule has 31 heavy (non-hydrogen) atoms. The van der Waals surface area contributed by atoms with E-state index in [0.717, 1.165) is 24.1 Å². The van der Waals surface area contributed by atoms with E-state index in [1.54, 1.807) is 35.1 Å². The maximum atomic E-state index is 12.9. The molecule has 4 rings (SSSR count). The van der Waals surface area contributed by atoms with E-state index in [4.69, 9.17) is 4.74 Å². The Morgan fingerprint density at radius 3 is 2.61 bits per heavy atom. The second kappa shape index (κ2) is 8.79. The van der Waals surface area contributed by atoms with Crippen LogP contribution in [0, 0.1) is 5.92 Å². The molecular weight excluding hydrogens is 394 g/mol. The average molecular weight is 421 g/mol. The van der Waals surface area contributed by atoms with Crippen molar-refractivity contribution in [2.24, 2.45) is 5.92 Å². The van der Waals surface area contributed by atoms with Crippen LogP contribution in [0.1, 0.15) is 31.7 Å². The number of amides is 3. The van der Waals surface area contributed by atoms with Gasteiger partial charge in [-0.05, 0) is 36.6 Å². The van der Waals surface area contributed by atoms with Gasteiger partial charge in [0.2, 0.25) is 17.7 Å². The fourth-order valence-corrected chi connectivity index (χ4v) is 4.31. The highest BCUT2D eigenvalue weighted by molar-refractivity contribution is 6.04. The predicted molar refractivity (Wildman–Crippen MR) is 119 cm³/mol. The first-order valence-corrected chi connectivity index (χ1v) is 10.7. The maximum absolute atomic E-state index is 12.9. The van der Waals surface area contributed by atoms with Gasteiger partial charge in [0.1, 0.15) is 5.75 Å². The lowest BCUT2D eigenvalue weighted by atomic mass is 10.1. The topological polar surface area (TPSA) is 79.0 Å². The third kappa shape index (κ3) is 4.13. The van der Waals surface area contributed by atoms with Crippen LogP contribution in [0.3, 0.4) is 0 Å². The van der Waals surface area contributed by atoms with Crippen LogP contribution < -0.4 is 19.9 Å². The smallest absolute Gasteiger partial charge is 0.229 e. The van der Waals surface area contributed by atoms with E-state index in [2.05, 4.69) is 12.2 Å². The van der Waals surface area contributed by atoms with Crippen molar-refractivity contribution in [2.75, 3.05) is 35.3 Å². The van der Waals surface area contributed by atoms with Crippen LogP contribution in [0.5, 0.6) is 5.75 Å². The van der Waals surface area contributed by atoms with Crippen molar-refractivity contribution in [3.05, 3.63) is 48.0 Å². The van der Waals surface area contributed by atoms with Crippen molar-refractivity contribution < 1.29 is 19.1 Å². The van der Waals surface area contributed by atoms with Gasteiger partial charge in [0.05, 0.1) is 18.7 Å². The molecule has 7 nitrogen and oxygen atoms in total. The number of anilines is 3. The lowest BCUT2D eigenvalue weighted by molar-refractivity contribution is -0.122. The molecule has 2 heterocycles. The van der Waals surface area contributed by atoms with Gasteiger partial charge in [-0.1, -0.05) is 25.1 Å². The highest BCUT2D eigenvalue weighted by atomic mass is 16.5. The van der Waals surface area contributed by atoms with Crippen LogP contribution >= 0.6 is 0 Å². The van der Waals surface area contributed by atoms with Crippen LogP contribution in [0.2, 0.25) is 0 Å². The van der Waals surface area contributed by atoms with Gasteiger partial charge in [-0.25, -0.2) is 0 Å². The van der Waals surface area contributed by atoms with Gasteiger partial charge in [0, 0.05) is 43.4 Å². The fourth-order valence-electron chi connectivity index (χ4n) is 4.31. The molecule has 2 fully saturated rings. The third-order valence-corrected chi connectivity index (χ3v) is 5.97. The molecule has 0 bridgehead atoms. The zero-order valence-electron chi connectivity index (χ0n) is 17.9. The number of benzene rings is 2. The molecule has 1 N–H and O–H groups in total. The van der Waals surface area contributed by atoms with Gasteiger partial charge in [-0.3, -0.25) is 14.4 Å². The van der Waals surface area contributed by atoms with Crippen LogP contribution in [0.25, 0.3) is 0 Å². The molecule has 7 heteroatoms. The van der Waals surface area contributed by atoms with Crippen LogP contribution in [0.15, 0.2) is 42.5 Å². The molecule has 162 valence electrons. The highest BCUT2D eigenvalue weighted by Crippen LogP contribution is 2.34. The Morgan fingerprint density at radius 1 is 1.10 bits per heavy atom. The summed E-state index contributed by atoms with van der Waals surface area (Å²) in [5.41, 5.74) is 3.26. The maximum Gasteiger partial charge on any atom is 0.229 e. The molecule has 0 aliphatic carbocycles. The summed E-state index contributed by atoms with van der Waals surface area (Å²) >= 11 is 0. The van der Waals surface area contributed by atoms with Crippen LogP contribution in [-0.2, 0) is 20.8 Å². The van der Waals surface area contributed by atoms with Crippen molar-refractivity contribution in [3.63, 3.8) is 0 Å². The van der Waals surface area contributed by atoms with Gasteiger partial charge in [0.25, 0.3) is 0 Å². The number of hydrogen-bond acceptors (Lipinski definition) is 4. The Balaban J connectivity index is 1.47. The Labute approximate surface area is 182 Å². The predicted octanol–water partition coefficient (Wildman–Crippen LogP) is 3.38. The quantitative estimate of drug-likeness (QED) is 0.776. The molecular formula is C24H27N3O4. The number of aryl methyl sites for hydroxylation is 1. The summed E-state index contributed by atoms with van der Waals surface area (Å²) in [6, 6.07) is 13.1. The van der Waals surface area contributed by atoms with E-state index in [1.807, 2.05) is 24.3 Å². The van der Waals surface area contributed by atoms with E-state index in [0.29, 0.717) is 36.6 Å². The zero-order chi connectivity index (χ0) is 22.0. The zero-order valence-corrected chi connectivity index (χ0v) is 17.9. The van der Waals surface area contributed by atoms with E-state index in [-0.39, 0.29) is 24.1 Å². The SMILES string of the molecule is CCc1ccccc1N1C[C@@H](C(=O)Nc2ccc(N3CCCC3=O)c(OC)c2)CC1=O. The van der Waals surface area contributed by atoms with Gasteiger partial charge >= 0.3 is 0 Å². The molecule has 0 saturated carbocycles. The van der Waals surface area contributed by atoms with Crippen molar-refractivity contribution in [3.8, 4) is 5.75 Å². The second-order valence-corrected chi connectivity index (χ2v) is 7.91. The molecule has 2 aliphatic heterocycles. The van der Waals surface area contributed by atoms with Gasteiger partial charge in [0.15, 0.2) is 0 Å². The Morgan fingerprint density at radius 2 is 1.90 bits per heavy atom. The second-order valence-electron chi connectivity index (χ2n) is 7.91. The lowest BCUT2D eigenvalue weighted by Crippen LogP contribution is -2.28. The van der Waals surface area contributed by atoms with Gasteiger partial charge in [-0.2, -0.15) is 0 Å². The monoisotopic (exact) mass is 421 g/mol. The molecule has 0 radical (unpaired) electrons. The number of para-hydroxylation sites is 1. The Kier molecular flexibility index (Phi) is 5.93. The summed E-state index contributed by atoms with van der Waals surface area (Å²) in [6.45, 7) is 3.08. The van der Waals surface area contributed by atoms with Crippen molar-refractivity contribution in [1.82, 2.24) is 0 Å². The number of rotatable bonds is 6. The summed E-state index contributed by atoms with van der Waals surface area (Å²) < 4.78 is 5.46. The minimum Gasteiger partial charge on any atom is -0.494 e. The average Bonchev–Trinajstić information content (AvgIpc) is 3.39. The fraction of sp³-hybridized carbons (Fsp3) is 0.375. The number of methoxy groups -OCH3 is 1. The first-order valence-electron chi connectivity index (χ1n) is 10.7. The minimum absolute atomic E-state index is 0.0403. The molecule has 3 amide bonds. The van der Waals surface area contributed by atoms with Gasteiger partial charge in [-0.15, -0.1) is 0 Å². The Bertz CT molecular complexity index is 1020. The highest BCUT2D eigenvalue weighted by Gasteiger charge is 2.36. The van der Waals surface area contributed by atoms with Crippen LogP contribution in [0.4, 0.5) is 17.1 Å². The number of carbonyl (C=O) groups is 3. The molecule has 2 aromatic rings. The molecule has 0 unspecified atom stereocenters. The molecule has 0 aromatic heterocycles. The molecule has 0 spiro atoms. The normalized spacial score (nSPS) is 18.6. The Hall–Kier alpha value is -3.35. The van der Waals surface area contributed by atoms with Crippen molar-refractivity contribution in [1.29, 1.82) is 0 Å². The molecule has 2 aromatic carbocycles. The third-order valence-electron chi connectivity index (χ3n) is 5.97. The molecule has 2 aliphatic rings. The van der Waals surface area contributed by atoms with E-state index >= 15 is 0 Å². The van der Waals surface area contributed by atoms with E-state index in [1.165, 1.54) is 0 Å². The minimum atomic E-state index is -0.428. The summed E-state index contributed by atoms with van der Waals surface area (Å²) in [7, 11) is 1.55. The number of ether oxygens (including phenoxy) is 1. The summed E-state index contributed by atoms with van der Waals surface area (Å²) in [5, 5.41) is 2.91. The van der Waals surface area contributed by atoms with E-state index < -0.39 is 5.92 Å².